The van der Waals surface area contributed by atoms with Gasteiger partial charge in [-0.3, -0.25) is 4.98 Å². The Morgan fingerprint density at radius 3 is 2.79 bits per heavy atom. The lowest BCUT2D eigenvalue weighted by Gasteiger charge is -2.00. The van der Waals surface area contributed by atoms with Gasteiger partial charge in [0.25, 0.3) is 5.89 Å². The van der Waals surface area contributed by atoms with Crippen molar-refractivity contribution in [3.05, 3.63) is 48.2 Å². The van der Waals surface area contributed by atoms with Crippen LogP contribution in [0.3, 0.4) is 0 Å². The van der Waals surface area contributed by atoms with E-state index in [1.54, 1.807) is 24.4 Å². The summed E-state index contributed by atoms with van der Waals surface area (Å²) >= 11 is 0. The summed E-state index contributed by atoms with van der Waals surface area (Å²) in [4.78, 5) is 8.49. The zero-order chi connectivity index (χ0) is 13.2. The van der Waals surface area contributed by atoms with Gasteiger partial charge in [0.15, 0.2) is 0 Å². The third kappa shape index (κ3) is 2.18. The second kappa shape index (κ2) is 4.53. The molecule has 0 aliphatic heterocycles. The average molecular weight is 253 g/mol. The number of phenols is 1. The summed E-state index contributed by atoms with van der Waals surface area (Å²) < 4.78 is 5.24. The topological polar surface area (TPSA) is 72.0 Å². The Balaban J connectivity index is 2.02. The van der Waals surface area contributed by atoms with Crippen LogP contribution in [-0.4, -0.2) is 20.2 Å². The normalized spacial score (nSPS) is 10.6. The molecule has 1 aromatic carbocycles. The third-order valence-corrected chi connectivity index (χ3v) is 2.76. The van der Waals surface area contributed by atoms with Gasteiger partial charge < -0.3 is 9.63 Å². The van der Waals surface area contributed by atoms with Crippen molar-refractivity contribution in [1.29, 1.82) is 0 Å². The number of aromatic hydroxyl groups is 1. The molecule has 3 rings (SSSR count). The van der Waals surface area contributed by atoms with Crippen LogP contribution < -0.4 is 0 Å². The Kier molecular flexibility index (Phi) is 2.72. The molecule has 0 amide bonds. The van der Waals surface area contributed by atoms with E-state index in [9.17, 15) is 5.11 Å². The molecule has 0 radical (unpaired) electrons. The van der Waals surface area contributed by atoms with E-state index in [2.05, 4.69) is 15.1 Å². The number of aryl methyl sites for hydroxylation is 1. The van der Waals surface area contributed by atoms with Crippen LogP contribution in [0, 0.1) is 6.92 Å². The van der Waals surface area contributed by atoms with E-state index in [1.807, 2.05) is 25.1 Å². The molecule has 0 unspecified atom stereocenters. The second-order valence-corrected chi connectivity index (χ2v) is 4.14. The zero-order valence-electron chi connectivity index (χ0n) is 10.2. The number of hydrogen-bond donors (Lipinski definition) is 1. The van der Waals surface area contributed by atoms with Crippen LogP contribution in [0.1, 0.15) is 5.56 Å². The summed E-state index contributed by atoms with van der Waals surface area (Å²) in [5.74, 6) is 1.08. The SMILES string of the molecule is Cc1cc(O)ccc1-c1nc(-c2ccccn2)no1. The van der Waals surface area contributed by atoms with E-state index in [0.29, 0.717) is 17.4 Å². The van der Waals surface area contributed by atoms with Crippen LogP contribution in [0.15, 0.2) is 47.1 Å². The maximum atomic E-state index is 9.39. The second-order valence-electron chi connectivity index (χ2n) is 4.14. The van der Waals surface area contributed by atoms with Gasteiger partial charge in [0.1, 0.15) is 11.4 Å². The van der Waals surface area contributed by atoms with Gasteiger partial charge in [-0.1, -0.05) is 11.2 Å². The molecule has 94 valence electrons. The van der Waals surface area contributed by atoms with Crippen LogP contribution in [0.25, 0.3) is 23.0 Å². The number of phenolic OH excluding ortho intramolecular Hbond substituents is 1. The standard InChI is InChI=1S/C14H11N3O2/c1-9-8-10(18)5-6-11(9)14-16-13(17-19-14)12-4-2-3-7-15-12/h2-8,18H,1H3. The van der Waals surface area contributed by atoms with Crippen molar-refractivity contribution in [1.82, 2.24) is 15.1 Å². The molecule has 0 bridgehead atoms. The molecule has 0 aliphatic rings. The molecule has 1 N–H and O–H groups in total. The van der Waals surface area contributed by atoms with Gasteiger partial charge in [0.05, 0.1) is 0 Å². The zero-order valence-corrected chi connectivity index (χ0v) is 10.2. The molecular weight excluding hydrogens is 242 g/mol. The highest BCUT2D eigenvalue weighted by Crippen LogP contribution is 2.26. The molecule has 0 atom stereocenters. The van der Waals surface area contributed by atoms with Crippen LogP contribution in [0.2, 0.25) is 0 Å². The molecule has 0 spiro atoms. The van der Waals surface area contributed by atoms with Crippen molar-refractivity contribution in [2.45, 2.75) is 6.92 Å². The molecule has 0 saturated carbocycles. The van der Waals surface area contributed by atoms with Gasteiger partial charge in [-0.05, 0) is 42.8 Å². The summed E-state index contributed by atoms with van der Waals surface area (Å²) in [6, 6.07) is 10.5. The Morgan fingerprint density at radius 2 is 2.05 bits per heavy atom. The fourth-order valence-electron chi connectivity index (χ4n) is 1.82. The minimum atomic E-state index is 0.214. The summed E-state index contributed by atoms with van der Waals surface area (Å²) in [6.45, 7) is 1.87. The fraction of sp³-hybridized carbons (Fsp3) is 0.0714. The van der Waals surface area contributed by atoms with Crippen LogP contribution >= 0.6 is 0 Å². The molecule has 3 aromatic rings. The van der Waals surface area contributed by atoms with Gasteiger partial charge in [0.2, 0.25) is 5.82 Å². The molecule has 0 saturated heterocycles. The van der Waals surface area contributed by atoms with Crippen molar-refractivity contribution in [3.8, 4) is 28.7 Å². The van der Waals surface area contributed by atoms with Gasteiger partial charge in [0, 0.05) is 11.8 Å². The quantitative estimate of drug-likeness (QED) is 0.760. The fourth-order valence-corrected chi connectivity index (χ4v) is 1.82. The minimum absolute atomic E-state index is 0.214. The number of hydrogen-bond acceptors (Lipinski definition) is 5. The van der Waals surface area contributed by atoms with Crippen LogP contribution in [0.5, 0.6) is 5.75 Å². The number of nitrogens with zero attached hydrogens (tertiary/aromatic N) is 3. The van der Waals surface area contributed by atoms with Gasteiger partial charge in [-0.15, -0.1) is 0 Å². The Bertz CT molecular complexity index is 708. The lowest BCUT2D eigenvalue weighted by molar-refractivity contribution is 0.431. The number of rotatable bonds is 2. The number of pyridine rings is 1. The van der Waals surface area contributed by atoms with E-state index in [1.165, 1.54) is 0 Å². The number of benzene rings is 1. The van der Waals surface area contributed by atoms with Crippen molar-refractivity contribution in [2.75, 3.05) is 0 Å². The molecule has 19 heavy (non-hydrogen) atoms. The van der Waals surface area contributed by atoms with Crippen LogP contribution in [-0.2, 0) is 0 Å². The predicted octanol–water partition coefficient (Wildman–Crippen LogP) is 2.81. The highest BCUT2D eigenvalue weighted by atomic mass is 16.5. The monoisotopic (exact) mass is 253 g/mol. The maximum Gasteiger partial charge on any atom is 0.258 e. The van der Waals surface area contributed by atoms with Crippen molar-refractivity contribution in [3.63, 3.8) is 0 Å². The molecule has 5 nitrogen and oxygen atoms in total. The number of aromatic nitrogens is 3. The summed E-state index contributed by atoms with van der Waals surface area (Å²) in [5, 5.41) is 13.3. The Hall–Kier alpha value is -2.69. The smallest absolute Gasteiger partial charge is 0.258 e. The minimum Gasteiger partial charge on any atom is -0.508 e. The summed E-state index contributed by atoms with van der Waals surface area (Å²) in [6.07, 6.45) is 1.68. The first kappa shape index (κ1) is 11.4. The van der Waals surface area contributed by atoms with Crippen molar-refractivity contribution < 1.29 is 9.63 Å². The van der Waals surface area contributed by atoms with E-state index in [-0.39, 0.29) is 5.75 Å². The Morgan fingerprint density at radius 1 is 1.16 bits per heavy atom. The highest BCUT2D eigenvalue weighted by Gasteiger charge is 2.13. The molecule has 0 fully saturated rings. The lowest BCUT2D eigenvalue weighted by Crippen LogP contribution is -1.85. The molecule has 5 heteroatoms. The predicted molar refractivity (Wildman–Crippen MR) is 69.4 cm³/mol. The maximum absolute atomic E-state index is 9.39. The van der Waals surface area contributed by atoms with Crippen molar-refractivity contribution >= 4 is 0 Å². The first-order chi connectivity index (χ1) is 9.24. The van der Waals surface area contributed by atoms with E-state index < -0.39 is 0 Å². The average Bonchev–Trinajstić information content (AvgIpc) is 2.89. The van der Waals surface area contributed by atoms with E-state index in [4.69, 9.17) is 4.52 Å². The van der Waals surface area contributed by atoms with Crippen molar-refractivity contribution in [2.24, 2.45) is 0 Å². The summed E-state index contributed by atoms with van der Waals surface area (Å²) in [7, 11) is 0. The third-order valence-electron chi connectivity index (χ3n) is 2.76. The van der Waals surface area contributed by atoms with Gasteiger partial charge in [-0.2, -0.15) is 4.98 Å². The van der Waals surface area contributed by atoms with E-state index in [0.717, 1.165) is 11.1 Å². The lowest BCUT2D eigenvalue weighted by atomic mass is 10.1. The van der Waals surface area contributed by atoms with E-state index >= 15 is 0 Å². The van der Waals surface area contributed by atoms with Gasteiger partial charge >= 0.3 is 0 Å². The molecule has 0 aliphatic carbocycles. The molecule has 2 heterocycles. The highest BCUT2D eigenvalue weighted by molar-refractivity contribution is 5.62. The Labute approximate surface area is 109 Å². The first-order valence-corrected chi connectivity index (χ1v) is 5.79. The summed E-state index contributed by atoms with van der Waals surface area (Å²) in [5.41, 5.74) is 2.33. The van der Waals surface area contributed by atoms with Gasteiger partial charge in [-0.25, -0.2) is 0 Å². The van der Waals surface area contributed by atoms with Crippen LogP contribution in [0.4, 0.5) is 0 Å². The molecular formula is C14H11N3O2. The largest absolute Gasteiger partial charge is 0.508 e. The first-order valence-electron chi connectivity index (χ1n) is 5.79. The molecule has 2 aromatic heterocycles.